The zero-order valence-electron chi connectivity index (χ0n) is 18.1. The number of aromatic nitrogens is 1. The largest absolute Gasteiger partial charge is 0.322 e. The van der Waals surface area contributed by atoms with Gasteiger partial charge in [-0.1, -0.05) is 11.6 Å². The number of amides is 3. The quantitative estimate of drug-likeness (QED) is 0.455. The number of benzene rings is 2. The third kappa shape index (κ3) is 4.76. The minimum atomic E-state index is -0.960. The molecule has 3 aromatic rings. The molecule has 0 spiro atoms. The molecule has 2 heterocycles. The van der Waals surface area contributed by atoms with Gasteiger partial charge in [-0.05, 0) is 79.7 Å². The molecule has 1 fully saturated rings. The third-order valence-electron chi connectivity index (χ3n) is 5.22. The fourth-order valence-electron chi connectivity index (χ4n) is 3.62. The molecule has 2 aromatic carbocycles. The van der Waals surface area contributed by atoms with Gasteiger partial charge in [-0.25, -0.2) is 8.78 Å². The van der Waals surface area contributed by atoms with Crippen LogP contribution in [0.25, 0.3) is 11.8 Å². The van der Waals surface area contributed by atoms with Gasteiger partial charge in [0.25, 0.3) is 11.1 Å². The molecule has 0 radical (unpaired) electrons. The fraction of sp³-hybridized carbons (Fsp3) is 0.125. The number of imide groups is 1. The first kappa shape index (κ1) is 23.7. The van der Waals surface area contributed by atoms with Gasteiger partial charge in [0.1, 0.15) is 18.2 Å². The summed E-state index contributed by atoms with van der Waals surface area (Å²) in [5, 5.41) is 2.25. The highest BCUT2D eigenvalue weighted by Gasteiger charge is 2.36. The van der Waals surface area contributed by atoms with Crippen molar-refractivity contribution in [2.75, 3.05) is 11.9 Å². The van der Waals surface area contributed by atoms with Gasteiger partial charge in [-0.15, -0.1) is 0 Å². The van der Waals surface area contributed by atoms with E-state index in [4.69, 9.17) is 11.6 Å². The Kier molecular flexibility index (Phi) is 6.58. The van der Waals surface area contributed by atoms with Crippen LogP contribution in [-0.4, -0.2) is 33.1 Å². The molecule has 10 heteroatoms. The second kappa shape index (κ2) is 9.44. The first-order chi connectivity index (χ1) is 16.1. The predicted octanol–water partition coefficient (Wildman–Crippen LogP) is 5.70. The molecule has 1 aliphatic rings. The Bertz CT molecular complexity index is 1350. The van der Waals surface area contributed by atoms with Gasteiger partial charge < -0.3 is 9.88 Å². The van der Waals surface area contributed by atoms with Gasteiger partial charge >= 0.3 is 0 Å². The molecule has 6 nitrogen and oxygen atoms in total. The maximum absolute atomic E-state index is 13.8. The van der Waals surface area contributed by atoms with Crippen molar-refractivity contribution in [3.8, 4) is 5.69 Å². The Hall–Kier alpha value is -3.43. The number of hydrogen-bond acceptors (Lipinski definition) is 4. The average molecular weight is 502 g/mol. The molecule has 0 atom stereocenters. The van der Waals surface area contributed by atoms with E-state index in [2.05, 4.69) is 5.32 Å². The van der Waals surface area contributed by atoms with Crippen LogP contribution in [0.3, 0.4) is 0 Å². The van der Waals surface area contributed by atoms with Crippen LogP contribution in [0.5, 0.6) is 0 Å². The van der Waals surface area contributed by atoms with Crippen molar-refractivity contribution in [3.63, 3.8) is 0 Å². The monoisotopic (exact) mass is 501 g/mol. The number of thioether (sulfide) groups is 1. The SMILES string of the molecule is Cc1cc(/C=C2/SC(=O)N(CC(=O)Nc3ccc(F)cc3F)C2=O)c(C)n1-c1ccc(Cl)cc1. The summed E-state index contributed by atoms with van der Waals surface area (Å²) in [5.41, 5.74) is 3.18. The molecule has 3 amide bonds. The summed E-state index contributed by atoms with van der Waals surface area (Å²) in [4.78, 5) is 38.5. The van der Waals surface area contributed by atoms with Gasteiger partial charge in [0.2, 0.25) is 5.91 Å². The van der Waals surface area contributed by atoms with Crippen LogP contribution in [0, 0.1) is 25.5 Å². The highest BCUT2D eigenvalue weighted by atomic mass is 35.5. The number of nitrogens with one attached hydrogen (secondary N) is 1. The average Bonchev–Trinajstić information content (AvgIpc) is 3.20. The molecule has 0 unspecified atom stereocenters. The fourth-order valence-corrected chi connectivity index (χ4v) is 4.58. The van der Waals surface area contributed by atoms with Crippen LogP contribution in [0.15, 0.2) is 53.4 Å². The van der Waals surface area contributed by atoms with E-state index >= 15 is 0 Å². The molecule has 0 saturated carbocycles. The van der Waals surface area contributed by atoms with Gasteiger partial charge in [0.05, 0.1) is 10.6 Å². The lowest BCUT2D eigenvalue weighted by atomic mass is 10.2. The summed E-state index contributed by atoms with van der Waals surface area (Å²) >= 11 is 6.70. The number of halogens is 3. The van der Waals surface area contributed by atoms with E-state index in [1.54, 1.807) is 18.2 Å². The maximum atomic E-state index is 13.8. The van der Waals surface area contributed by atoms with Gasteiger partial charge in [-0.2, -0.15) is 0 Å². The van der Waals surface area contributed by atoms with E-state index in [-0.39, 0.29) is 10.6 Å². The zero-order valence-corrected chi connectivity index (χ0v) is 19.6. The number of nitrogens with zero attached hydrogens (tertiary/aromatic N) is 2. The van der Waals surface area contributed by atoms with E-state index in [9.17, 15) is 23.2 Å². The van der Waals surface area contributed by atoms with Crippen LogP contribution < -0.4 is 5.32 Å². The van der Waals surface area contributed by atoms with Crippen molar-refractivity contribution in [3.05, 3.63) is 87.0 Å². The first-order valence-corrected chi connectivity index (χ1v) is 11.3. The van der Waals surface area contributed by atoms with Crippen molar-refractivity contribution < 1.29 is 23.2 Å². The third-order valence-corrected chi connectivity index (χ3v) is 6.38. The molecule has 1 aliphatic heterocycles. The van der Waals surface area contributed by atoms with E-state index < -0.39 is 35.2 Å². The van der Waals surface area contributed by atoms with Gasteiger partial charge in [0.15, 0.2) is 0 Å². The van der Waals surface area contributed by atoms with E-state index in [1.165, 1.54) is 0 Å². The van der Waals surface area contributed by atoms with Crippen LogP contribution in [-0.2, 0) is 9.59 Å². The Morgan fingerprint density at radius 1 is 1.09 bits per heavy atom. The van der Waals surface area contributed by atoms with Crippen molar-refractivity contribution in [1.29, 1.82) is 0 Å². The lowest BCUT2D eigenvalue weighted by Crippen LogP contribution is -2.36. The second-order valence-corrected chi connectivity index (χ2v) is 9.01. The number of hydrogen-bond donors (Lipinski definition) is 1. The summed E-state index contributed by atoms with van der Waals surface area (Å²) in [6.45, 7) is 3.22. The zero-order chi connectivity index (χ0) is 24.6. The molecule has 174 valence electrons. The van der Waals surface area contributed by atoms with Gasteiger partial charge in [0, 0.05) is 28.2 Å². The summed E-state index contributed by atoms with van der Waals surface area (Å²) in [6, 6.07) is 11.9. The number of anilines is 1. The van der Waals surface area contributed by atoms with Crippen molar-refractivity contribution >= 4 is 52.2 Å². The van der Waals surface area contributed by atoms with Crippen LogP contribution in [0.4, 0.5) is 19.3 Å². The molecule has 1 aromatic heterocycles. The molecule has 1 N–H and O–H groups in total. The lowest BCUT2D eigenvalue weighted by Gasteiger charge is -2.12. The van der Waals surface area contributed by atoms with Crippen LogP contribution in [0.1, 0.15) is 17.0 Å². The van der Waals surface area contributed by atoms with E-state index in [1.807, 2.05) is 36.6 Å². The minimum absolute atomic E-state index is 0.169. The minimum Gasteiger partial charge on any atom is -0.322 e. The highest BCUT2D eigenvalue weighted by molar-refractivity contribution is 8.18. The van der Waals surface area contributed by atoms with Crippen molar-refractivity contribution in [2.24, 2.45) is 0 Å². The van der Waals surface area contributed by atoms with Crippen LogP contribution in [0.2, 0.25) is 5.02 Å². The Labute approximate surface area is 203 Å². The molecule has 4 rings (SSSR count). The normalized spacial score (nSPS) is 14.9. The Balaban J connectivity index is 1.52. The van der Waals surface area contributed by atoms with Crippen molar-refractivity contribution in [2.45, 2.75) is 13.8 Å². The standard InChI is InChI=1S/C24H18ClF2N3O3S/c1-13-9-15(14(2)30(13)18-6-3-16(25)4-7-18)10-21-23(32)29(24(33)34-21)12-22(31)28-20-8-5-17(26)11-19(20)27/h3-11H,12H2,1-2H3,(H,28,31)/b21-10+. The van der Waals surface area contributed by atoms with Gasteiger partial charge in [-0.3, -0.25) is 19.3 Å². The topological polar surface area (TPSA) is 71.4 Å². The summed E-state index contributed by atoms with van der Waals surface area (Å²) in [5.74, 6) is -3.16. The number of aryl methyl sites for hydroxylation is 1. The number of rotatable bonds is 5. The van der Waals surface area contributed by atoms with E-state index in [0.717, 1.165) is 51.4 Å². The predicted molar refractivity (Wildman–Crippen MR) is 128 cm³/mol. The molecule has 0 aliphatic carbocycles. The molecular formula is C24H18ClF2N3O3S. The number of carbonyl (C=O) groups is 3. The highest BCUT2D eigenvalue weighted by Crippen LogP contribution is 2.34. The summed E-state index contributed by atoms with van der Waals surface area (Å²) in [7, 11) is 0. The van der Waals surface area contributed by atoms with E-state index in [0.29, 0.717) is 11.1 Å². The Morgan fingerprint density at radius 2 is 1.79 bits per heavy atom. The maximum Gasteiger partial charge on any atom is 0.294 e. The molecule has 1 saturated heterocycles. The lowest BCUT2D eigenvalue weighted by molar-refractivity contribution is -0.127. The molecule has 0 bridgehead atoms. The number of carbonyl (C=O) groups excluding carboxylic acids is 3. The van der Waals surface area contributed by atoms with Crippen molar-refractivity contribution in [1.82, 2.24) is 9.47 Å². The molecular weight excluding hydrogens is 484 g/mol. The summed E-state index contributed by atoms with van der Waals surface area (Å²) in [6.07, 6.45) is 1.61. The van der Waals surface area contributed by atoms with Crippen LogP contribution >= 0.6 is 23.4 Å². The molecule has 34 heavy (non-hydrogen) atoms. The Morgan fingerprint density at radius 3 is 2.47 bits per heavy atom. The summed E-state index contributed by atoms with van der Waals surface area (Å²) < 4.78 is 28.8. The second-order valence-electron chi connectivity index (χ2n) is 7.58. The smallest absolute Gasteiger partial charge is 0.294 e. The first-order valence-electron chi connectivity index (χ1n) is 10.1.